The van der Waals surface area contributed by atoms with Gasteiger partial charge < -0.3 is 9.64 Å². The first kappa shape index (κ1) is 16.2. The smallest absolute Gasteiger partial charge is 0.240 e. The summed E-state index contributed by atoms with van der Waals surface area (Å²) in [6.07, 6.45) is 2.04. The van der Waals surface area contributed by atoms with Gasteiger partial charge in [0, 0.05) is 25.0 Å². The topological polar surface area (TPSA) is 45.7 Å². The van der Waals surface area contributed by atoms with Gasteiger partial charge in [0.15, 0.2) is 0 Å². The summed E-state index contributed by atoms with van der Waals surface area (Å²) >= 11 is 3.41. The predicted octanol–water partition coefficient (Wildman–Crippen LogP) is 2.69. The third-order valence-corrected chi connectivity index (χ3v) is 6.55. The number of hydrogen-bond acceptors (Lipinski definition) is 6. The standard InChI is InChI=1S/C17H21N3O2S2/c21-17(19-6-8-22-9-7-19)14-3-1-5-20(14)11-13-12-24-16(18-13)15-4-2-10-23-15/h2,4,10,12,14H,1,3,5-9,11H2/t14-/m0/s1. The number of thiazole rings is 1. The Labute approximate surface area is 149 Å². The molecule has 0 aliphatic carbocycles. The Bertz CT molecular complexity index is 680. The largest absolute Gasteiger partial charge is 0.378 e. The zero-order valence-electron chi connectivity index (χ0n) is 13.5. The van der Waals surface area contributed by atoms with E-state index in [4.69, 9.17) is 9.72 Å². The number of ether oxygens (including phenoxy) is 1. The van der Waals surface area contributed by atoms with Gasteiger partial charge >= 0.3 is 0 Å². The molecule has 1 amide bonds. The Hall–Kier alpha value is -1.28. The monoisotopic (exact) mass is 363 g/mol. The fraction of sp³-hybridized carbons (Fsp3) is 0.529. The Kier molecular flexibility index (Phi) is 4.93. The Morgan fingerprint density at radius 1 is 1.29 bits per heavy atom. The lowest BCUT2D eigenvalue weighted by Gasteiger charge is -2.32. The first-order valence-electron chi connectivity index (χ1n) is 8.40. The fourth-order valence-electron chi connectivity index (χ4n) is 3.39. The summed E-state index contributed by atoms with van der Waals surface area (Å²) in [5.74, 6) is 0.268. The molecule has 2 aromatic heterocycles. The van der Waals surface area contributed by atoms with E-state index in [-0.39, 0.29) is 11.9 Å². The molecule has 2 aromatic rings. The molecule has 0 aromatic carbocycles. The van der Waals surface area contributed by atoms with Crippen molar-refractivity contribution < 1.29 is 9.53 Å². The van der Waals surface area contributed by atoms with Crippen molar-refractivity contribution in [2.24, 2.45) is 0 Å². The number of carbonyl (C=O) groups excluding carboxylic acids is 1. The van der Waals surface area contributed by atoms with Gasteiger partial charge in [-0.1, -0.05) is 6.07 Å². The Morgan fingerprint density at radius 2 is 2.17 bits per heavy atom. The molecule has 0 spiro atoms. The maximum Gasteiger partial charge on any atom is 0.240 e. The zero-order chi connectivity index (χ0) is 16.4. The molecular formula is C17H21N3O2S2. The van der Waals surface area contributed by atoms with Crippen molar-refractivity contribution in [1.29, 1.82) is 0 Å². The van der Waals surface area contributed by atoms with Crippen molar-refractivity contribution in [3.8, 4) is 9.88 Å². The molecule has 24 heavy (non-hydrogen) atoms. The van der Waals surface area contributed by atoms with Crippen molar-refractivity contribution in [2.75, 3.05) is 32.8 Å². The molecule has 0 saturated carbocycles. The van der Waals surface area contributed by atoms with Crippen LogP contribution in [0.5, 0.6) is 0 Å². The van der Waals surface area contributed by atoms with E-state index < -0.39 is 0 Å². The molecule has 0 unspecified atom stereocenters. The summed E-state index contributed by atoms with van der Waals surface area (Å²) < 4.78 is 5.36. The molecule has 2 saturated heterocycles. The van der Waals surface area contributed by atoms with Crippen LogP contribution in [-0.2, 0) is 16.1 Å². The molecule has 4 heterocycles. The molecule has 2 aliphatic heterocycles. The van der Waals surface area contributed by atoms with Gasteiger partial charge in [-0.2, -0.15) is 0 Å². The normalized spacial score (nSPS) is 22.2. The summed E-state index contributed by atoms with van der Waals surface area (Å²) in [4.78, 5) is 23.0. The SMILES string of the molecule is O=C([C@@H]1CCCN1Cc1csc(-c2cccs2)n1)N1CCOCC1. The van der Waals surface area contributed by atoms with Gasteiger partial charge in [-0.25, -0.2) is 4.98 Å². The van der Waals surface area contributed by atoms with Crippen LogP contribution in [0.1, 0.15) is 18.5 Å². The second kappa shape index (κ2) is 7.31. The minimum absolute atomic E-state index is 0.00925. The van der Waals surface area contributed by atoms with Gasteiger partial charge in [0.05, 0.1) is 29.8 Å². The number of morpholine rings is 1. The molecule has 4 rings (SSSR count). The lowest BCUT2D eigenvalue weighted by Crippen LogP contribution is -2.49. The van der Waals surface area contributed by atoms with Crippen LogP contribution in [0.15, 0.2) is 22.9 Å². The van der Waals surface area contributed by atoms with E-state index in [1.165, 1.54) is 4.88 Å². The molecule has 0 N–H and O–H groups in total. The number of aromatic nitrogens is 1. The highest BCUT2D eigenvalue weighted by molar-refractivity contribution is 7.20. The number of thiophene rings is 1. The number of likely N-dealkylation sites (tertiary alicyclic amines) is 1. The maximum absolute atomic E-state index is 12.8. The van der Waals surface area contributed by atoms with E-state index in [1.54, 1.807) is 22.7 Å². The van der Waals surface area contributed by atoms with E-state index in [0.29, 0.717) is 13.2 Å². The van der Waals surface area contributed by atoms with Gasteiger partial charge in [0.2, 0.25) is 5.91 Å². The van der Waals surface area contributed by atoms with E-state index in [0.717, 1.165) is 49.7 Å². The van der Waals surface area contributed by atoms with E-state index in [9.17, 15) is 4.79 Å². The van der Waals surface area contributed by atoms with Gasteiger partial charge in [-0.05, 0) is 30.8 Å². The molecule has 5 nitrogen and oxygen atoms in total. The van der Waals surface area contributed by atoms with E-state index in [2.05, 4.69) is 27.8 Å². The first-order chi connectivity index (χ1) is 11.8. The van der Waals surface area contributed by atoms with E-state index >= 15 is 0 Å². The van der Waals surface area contributed by atoms with Gasteiger partial charge in [-0.3, -0.25) is 9.69 Å². The van der Waals surface area contributed by atoms with Crippen LogP contribution < -0.4 is 0 Å². The molecule has 2 aliphatic rings. The lowest BCUT2D eigenvalue weighted by atomic mass is 10.2. The van der Waals surface area contributed by atoms with Crippen LogP contribution in [0.3, 0.4) is 0 Å². The Balaban J connectivity index is 1.42. The molecule has 7 heteroatoms. The van der Waals surface area contributed by atoms with Crippen LogP contribution in [0.2, 0.25) is 0 Å². The highest BCUT2D eigenvalue weighted by atomic mass is 32.1. The minimum Gasteiger partial charge on any atom is -0.378 e. The highest BCUT2D eigenvalue weighted by Gasteiger charge is 2.34. The van der Waals surface area contributed by atoms with Crippen molar-refractivity contribution in [1.82, 2.24) is 14.8 Å². The van der Waals surface area contributed by atoms with Crippen molar-refractivity contribution >= 4 is 28.6 Å². The molecule has 0 bridgehead atoms. The third kappa shape index (κ3) is 3.39. The van der Waals surface area contributed by atoms with Crippen molar-refractivity contribution in [2.45, 2.75) is 25.4 Å². The average molecular weight is 364 g/mol. The molecule has 1 atom stereocenters. The molecule has 0 radical (unpaired) electrons. The summed E-state index contributed by atoms with van der Waals surface area (Å²) in [7, 11) is 0. The lowest BCUT2D eigenvalue weighted by molar-refractivity contribution is -0.140. The Morgan fingerprint density at radius 3 is 2.96 bits per heavy atom. The fourth-order valence-corrected chi connectivity index (χ4v) is 5.02. The number of nitrogens with zero attached hydrogens (tertiary/aromatic N) is 3. The number of rotatable bonds is 4. The average Bonchev–Trinajstić information content (AvgIpc) is 3.37. The van der Waals surface area contributed by atoms with Gasteiger partial charge in [0.1, 0.15) is 5.01 Å². The summed E-state index contributed by atoms with van der Waals surface area (Å²) in [5.41, 5.74) is 1.07. The van der Waals surface area contributed by atoms with Crippen molar-refractivity contribution in [3.63, 3.8) is 0 Å². The quantitative estimate of drug-likeness (QED) is 0.838. The summed E-state index contributed by atoms with van der Waals surface area (Å²) in [5, 5.41) is 5.28. The van der Waals surface area contributed by atoms with Gasteiger partial charge in [-0.15, -0.1) is 22.7 Å². The van der Waals surface area contributed by atoms with Crippen molar-refractivity contribution in [3.05, 3.63) is 28.6 Å². The van der Waals surface area contributed by atoms with Crippen LogP contribution >= 0.6 is 22.7 Å². The molecular weight excluding hydrogens is 342 g/mol. The van der Waals surface area contributed by atoms with E-state index in [1.807, 2.05) is 4.90 Å². The van der Waals surface area contributed by atoms with Crippen LogP contribution in [0.25, 0.3) is 9.88 Å². The second-order valence-electron chi connectivity index (χ2n) is 6.19. The number of carbonyl (C=O) groups is 1. The van der Waals surface area contributed by atoms with Gasteiger partial charge in [0.25, 0.3) is 0 Å². The van der Waals surface area contributed by atoms with Crippen LogP contribution in [0.4, 0.5) is 0 Å². The molecule has 128 valence electrons. The number of hydrogen-bond donors (Lipinski definition) is 0. The molecule has 2 fully saturated rings. The maximum atomic E-state index is 12.8. The summed E-state index contributed by atoms with van der Waals surface area (Å²) in [6.45, 7) is 4.52. The second-order valence-corrected chi connectivity index (χ2v) is 7.99. The third-order valence-electron chi connectivity index (χ3n) is 4.62. The highest BCUT2D eigenvalue weighted by Crippen LogP contribution is 2.29. The first-order valence-corrected chi connectivity index (χ1v) is 10.2. The van der Waals surface area contributed by atoms with Crippen LogP contribution in [0, 0.1) is 0 Å². The zero-order valence-corrected chi connectivity index (χ0v) is 15.2. The minimum atomic E-state index is 0.00925. The number of amides is 1. The summed E-state index contributed by atoms with van der Waals surface area (Å²) in [6, 6.07) is 4.17. The van der Waals surface area contributed by atoms with Crippen LogP contribution in [-0.4, -0.2) is 59.6 Å². The predicted molar refractivity (Wildman–Crippen MR) is 96.3 cm³/mol.